The van der Waals surface area contributed by atoms with Gasteiger partial charge in [-0.05, 0) is 31.5 Å². The molecule has 0 unspecified atom stereocenters. The van der Waals surface area contributed by atoms with Crippen LogP contribution in [0.5, 0.6) is 0 Å². The van der Waals surface area contributed by atoms with E-state index in [1.165, 1.54) is 0 Å². The van der Waals surface area contributed by atoms with Crippen LogP contribution in [0.25, 0.3) is 27.9 Å². The molecule has 0 bridgehead atoms. The van der Waals surface area contributed by atoms with Gasteiger partial charge < -0.3 is 14.6 Å². The maximum atomic E-state index is 12.9. The smallest absolute Gasteiger partial charge is 0.268 e. The van der Waals surface area contributed by atoms with Crippen molar-refractivity contribution in [3.8, 4) is 5.95 Å². The van der Waals surface area contributed by atoms with Crippen molar-refractivity contribution in [1.82, 2.24) is 24.4 Å². The highest BCUT2D eigenvalue weighted by Gasteiger charge is 2.22. The van der Waals surface area contributed by atoms with E-state index in [4.69, 9.17) is 4.74 Å². The topological polar surface area (TPSA) is 74.0 Å². The number of amides is 1. The first-order chi connectivity index (χ1) is 13.7. The van der Waals surface area contributed by atoms with E-state index in [9.17, 15) is 4.79 Å². The van der Waals surface area contributed by atoms with Crippen molar-refractivity contribution in [2.45, 2.75) is 13.3 Å². The minimum atomic E-state index is -0.149. The van der Waals surface area contributed by atoms with Crippen molar-refractivity contribution in [1.29, 1.82) is 0 Å². The molecule has 0 atom stereocenters. The summed E-state index contributed by atoms with van der Waals surface area (Å²) in [7, 11) is 2.00. The molecule has 0 spiro atoms. The number of aryl methyl sites for hydroxylation is 1. The first-order valence-corrected chi connectivity index (χ1v) is 9.44. The Morgan fingerprint density at radius 3 is 2.71 bits per heavy atom. The number of benzene rings is 1. The van der Waals surface area contributed by atoms with Gasteiger partial charge in [-0.2, -0.15) is 0 Å². The van der Waals surface area contributed by atoms with Gasteiger partial charge in [0.05, 0.1) is 16.6 Å². The van der Waals surface area contributed by atoms with Gasteiger partial charge in [-0.1, -0.05) is 18.2 Å². The first-order valence-electron chi connectivity index (χ1n) is 9.44. The van der Waals surface area contributed by atoms with Crippen molar-refractivity contribution in [2.24, 2.45) is 7.05 Å². The van der Waals surface area contributed by atoms with Gasteiger partial charge in [0.25, 0.3) is 5.91 Å². The van der Waals surface area contributed by atoms with Gasteiger partial charge in [-0.25, -0.2) is 9.97 Å². The molecule has 28 heavy (non-hydrogen) atoms. The SMILES string of the molecule is CCOCCCNC(=O)c1cc2c(c3ccccc3n2C)n1-c1ncccn1. The number of aromatic nitrogens is 4. The Morgan fingerprint density at radius 1 is 1.14 bits per heavy atom. The van der Waals surface area contributed by atoms with Crippen molar-refractivity contribution >= 4 is 27.8 Å². The molecule has 4 aromatic rings. The highest BCUT2D eigenvalue weighted by atomic mass is 16.5. The number of hydrogen-bond donors (Lipinski definition) is 1. The lowest BCUT2D eigenvalue weighted by Crippen LogP contribution is -2.27. The summed E-state index contributed by atoms with van der Waals surface area (Å²) in [6.07, 6.45) is 4.14. The number of carbonyl (C=O) groups excluding carboxylic acids is 1. The summed E-state index contributed by atoms with van der Waals surface area (Å²) in [5.41, 5.74) is 3.52. The summed E-state index contributed by atoms with van der Waals surface area (Å²) in [5.74, 6) is 0.331. The van der Waals surface area contributed by atoms with E-state index in [1.807, 2.05) is 36.7 Å². The van der Waals surface area contributed by atoms with Crippen LogP contribution in [0.15, 0.2) is 48.8 Å². The summed E-state index contributed by atoms with van der Waals surface area (Å²) < 4.78 is 9.27. The van der Waals surface area contributed by atoms with E-state index in [1.54, 1.807) is 18.5 Å². The molecule has 0 aliphatic carbocycles. The minimum Gasteiger partial charge on any atom is -0.382 e. The van der Waals surface area contributed by atoms with Crippen LogP contribution in [0.2, 0.25) is 0 Å². The van der Waals surface area contributed by atoms with Crippen LogP contribution in [0.4, 0.5) is 0 Å². The molecular weight excluding hydrogens is 354 g/mol. The Balaban J connectivity index is 1.80. The van der Waals surface area contributed by atoms with E-state index < -0.39 is 0 Å². The quantitative estimate of drug-likeness (QED) is 0.502. The Hall–Kier alpha value is -3.19. The normalized spacial score (nSPS) is 11.4. The fraction of sp³-hybridized carbons (Fsp3) is 0.286. The summed E-state index contributed by atoms with van der Waals surface area (Å²) >= 11 is 0. The number of rotatable bonds is 7. The Morgan fingerprint density at radius 2 is 1.93 bits per heavy atom. The average molecular weight is 377 g/mol. The van der Waals surface area contributed by atoms with E-state index in [2.05, 4.69) is 32.0 Å². The van der Waals surface area contributed by atoms with Crippen LogP contribution >= 0.6 is 0 Å². The lowest BCUT2D eigenvalue weighted by Gasteiger charge is -2.09. The van der Waals surface area contributed by atoms with Crippen LogP contribution in [0.3, 0.4) is 0 Å². The fourth-order valence-corrected chi connectivity index (χ4v) is 3.50. The van der Waals surface area contributed by atoms with Crippen molar-refractivity contribution in [3.63, 3.8) is 0 Å². The van der Waals surface area contributed by atoms with Gasteiger partial charge in [0.1, 0.15) is 5.69 Å². The third-order valence-electron chi connectivity index (χ3n) is 4.80. The summed E-state index contributed by atoms with van der Waals surface area (Å²) in [6.45, 7) is 3.82. The highest BCUT2D eigenvalue weighted by molar-refractivity contribution is 6.10. The highest BCUT2D eigenvalue weighted by Crippen LogP contribution is 2.32. The van der Waals surface area contributed by atoms with Crippen LogP contribution < -0.4 is 5.32 Å². The fourth-order valence-electron chi connectivity index (χ4n) is 3.50. The monoisotopic (exact) mass is 377 g/mol. The number of hydrogen-bond acceptors (Lipinski definition) is 4. The van der Waals surface area contributed by atoms with Gasteiger partial charge >= 0.3 is 0 Å². The van der Waals surface area contributed by atoms with Crippen molar-refractivity contribution in [2.75, 3.05) is 19.8 Å². The van der Waals surface area contributed by atoms with Crippen LogP contribution in [-0.2, 0) is 11.8 Å². The molecule has 0 aliphatic heterocycles. The second-order valence-electron chi connectivity index (χ2n) is 6.53. The second-order valence-corrected chi connectivity index (χ2v) is 6.53. The van der Waals surface area contributed by atoms with Crippen LogP contribution in [0, 0.1) is 0 Å². The molecular formula is C21H23N5O2. The van der Waals surface area contributed by atoms with E-state index in [0.717, 1.165) is 28.4 Å². The molecule has 0 saturated carbocycles. The zero-order valence-electron chi connectivity index (χ0n) is 16.1. The first kappa shape index (κ1) is 18.2. The molecule has 0 saturated heterocycles. The van der Waals surface area contributed by atoms with Gasteiger partial charge in [0.2, 0.25) is 5.95 Å². The molecule has 7 nitrogen and oxygen atoms in total. The average Bonchev–Trinajstić information content (AvgIpc) is 3.25. The molecule has 1 N–H and O–H groups in total. The molecule has 3 aromatic heterocycles. The van der Waals surface area contributed by atoms with Crippen LogP contribution in [-0.4, -0.2) is 44.8 Å². The third kappa shape index (κ3) is 3.14. The van der Waals surface area contributed by atoms with Gasteiger partial charge in [-0.15, -0.1) is 0 Å². The molecule has 0 radical (unpaired) electrons. The molecule has 4 rings (SSSR count). The van der Waals surface area contributed by atoms with E-state index in [-0.39, 0.29) is 5.91 Å². The van der Waals surface area contributed by atoms with Crippen molar-refractivity contribution < 1.29 is 9.53 Å². The minimum absolute atomic E-state index is 0.149. The van der Waals surface area contributed by atoms with E-state index in [0.29, 0.717) is 31.4 Å². The Bertz CT molecular complexity index is 1110. The summed E-state index contributed by atoms with van der Waals surface area (Å²) in [4.78, 5) is 21.7. The van der Waals surface area contributed by atoms with Crippen LogP contribution in [0.1, 0.15) is 23.8 Å². The largest absolute Gasteiger partial charge is 0.382 e. The molecule has 0 aliphatic rings. The standard InChI is InChI=1S/C21H23N5O2/c1-3-28-13-7-12-22-20(27)18-14-17-19(26(18)21-23-10-6-11-24-21)15-8-4-5-9-16(15)25(17)2/h4-6,8-11,14H,3,7,12-13H2,1-2H3,(H,22,27). The van der Waals surface area contributed by atoms with Gasteiger partial charge in [-0.3, -0.25) is 9.36 Å². The van der Waals surface area contributed by atoms with Gasteiger partial charge in [0, 0.05) is 44.6 Å². The maximum Gasteiger partial charge on any atom is 0.268 e. The molecule has 0 fully saturated rings. The maximum absolute atomic E-state index is 12.9. The summed E-state index contributed by atoms with van der Waals surface area (Å²) in [5, 5.41) is 4.04. The number of carbonyl (C=O) groups is 1. The predicted octanol–water partition coefficient (Wildman–Crippen LogP) is 3.07. The van der Waals surface area contributed by atoms with E-state index >= 15 is 0 Å². The molecule has 1 aromatic carbocycles. The summed E-state index contributed by atoms with van der Waals surface area (Å²) in [6, 6.07) is 11.8. The second kappa shape index (κ2) is 7.82. The van der Waals surface area contributed by atoms with Gasteiger partial charge in [0.15, 0.2) is 0 Å². The predicted molar refractivity (Wildman–Crippen MR) is 109 cm³/mol. The lowest BCUT2D eigenvalue weighted by molar-refractivity contribution is 0.0937. The molecule has 3 heterocycles. The third-order valence-corrected chi connectivity index (χ3v) is 4.80. The Labute approximate surface area is 163 Å². The zero-order chi connectivity index (χ0) is 19.5. The number of nitrogens with zero attached hydrogens (tertiary/aromatic N) is 4. The number of para-hydroxylation sites is 1. The molecule has 7 heteroatoms. The zero-order valence-corrected chi connectivity index (χ0v) is 16.1. The number of fused-ring (bicyclic) bond motifs is 3. The van der Waals surface area contributed by atoms with Crippen molar-refractivity contribution in [3.05, 3.63) is 54.5 Å². The molecule has 1 amide bonds. The Kier molecular flexibility index (Phi) is 5.08. The number of ether oxygens (including phenoxy) is 1. The number of nitrogens with one attached hydrogen (secondary N) is 1. The molecule has 144 valence electrons. The lowest BCUT2D eigenvalue weighted by atomic mass is 10.2.